The molecule has 0 bridgehead atoms. The van der Waals surface area contributed by atoms with Crippen molar-refractivity contribution in [3.8, 4) is 11.5 Å². The summed E-state index contributed by atoms with van der Waals surface area (Å²) < 4.78 is 24.5. The van der Waals surface area contributed by atoms with E-state index in [9.17, 15) is 19.3 Å². The summed E-state index contributed by atoms with van der Waals surface area (Å²) in [6.45, 7) is 9.18. The Bertz CT molecular complexity index is 1290. The smallest absolute Gasteiger partial charge is 0.475 e. The fraction of sp³-hybridized carbons (Fsp3) is 0.467. The number of para-hydroxylation sites is 1. The molecular formula is C30H38N2O7P+. The number of phenolic OH excluding ortho intramolecular Hbond substituents is 1. The molecule has 2 aromatic carbocycles. The summed E-state index contributed by atoms with van der Waals surface area (Å²) in [5.74, 6) is -0.572. The van der Waals surface area contributed by atoms with Crippen molar-refractivity contribution in [2.45, 2.75) is 72.1 Å². The molecule has 0 aliphatic carbocycles. The van der Waals surface area contributed by atoms with Crippen LogP contribution in [0.3, 0.4) is 0 Å². The number of carbonyl (C=O) groups is 2. The van der Waals surface area contributed by atoms with Gasteiger partial charge in [0.1, 0.15) is 24.0 Å². The van der Waals surface area contributed by atoms with E-state index in [1.807, 2.05) is 32.9 Å². The quantitative estimate of drug-likeness (QED) is 0.164. The Morgan fingerprint density at radius 2 is 1.95 bits per heavy atom. The van der Waals surface area contributed by atoms with Crippen LogP contribution in [-0.2, 0) is 38.3 Å². The van der Waals surface area contributed by atoms with Crippen LogP contribution in [0.2, 0.25) is 0 Å². The van der Waals surface area contributed by atoms with Gasteiger partial charge < -0.3 is 24.7 Å². The second-order valence-electron chi connectivity index (χ2n) is 10.2. The van der Waals surface area contributed by atoms with E-state index in [2.05, 4.69) is 5.32 Å². The van der Waals surface area contributed by atoms with Gasteiger partial charge in [0.15, 0.2) is 18.0 Å². The molecule has 1 unspecified atom stereocenters. The minimum absolute atomic E-state index is 0.0447. The largest absolute Gasteiger partial charge is 0.507 e. The molecule has 1 saturated heterocycles. The summed E-state index contributed by atoms with van der Waals surface area (Å²) in [7, 11) is -2.18. The highest BCUT2D eigenvalue weighted by molar-refractivity contribution is 7.42. The van der Waals surface area contributed by atoms with Crippen LogP contribution in [0.4, 0.5) is 0 Å². The van der Waals surface area contributed by atoms with E-state index in [1.165, 1.54) is 4.83 Å². The molecule has 2 aromatic rings. The Kier molecular flexibility index (Phi) is 9.95. The van der Waals surface area contributed by atoms with Crippen molar-refractivity contribution < 1.29 is 33.6 Å². The first-order valence-electron chi connectivity index (χ1n) is 13.8. The zero-order valence-corrected chi connectivity index (χ0v) is 24.5. The summed E-state index contributed by atoms with van der Waals surface area (Å²) in [6, 6.07) is 8.03. The number of fused-ring (bicyclic) bond motifs is 1. The highest BCUT2D eigenvalue weighted by atomic mass is 31.1. The van der Waals surface area contributed by atoms with Crippen LogP contribution in [-0.4, -0.2) is 53.3 Å². The topological polar surface area (TPSA) is 114 Å². The molecule has 0 radical (unpaired) electrons. The summed E-state index contributed by atoms with van der Waals surface area (Å²) in [5, 5.41) is 14.2. The molecule has 4 rings (SSSR count). The van der Waals surface area contributed by atoms with Crippen LogP contribution in [0.1, 0.15) is 66.2 Å². The van der Waals surface area contributed by atoms with Crippen molar-refractivity contribution >= 4 is 19.9 Å². The van der Waals surface area contributed by atoms with Crippen molar-refractivity contribution in [1.82, 2.24) is 10.2 Å². The van der Waals surface area contributed by atoms with E-state index in [-0.39, 0.29) is 30.2 Å². The molecule has 2 atom stereocenters. The molecule has 10 heteroatoms. The third-order valence-electron chi connectivity index (χ3n) is 7.44. The zero-order chi connectivity index (χ0) is 28.8. The Balaban J connectivity index is 1.51. The van der Waals surface area contributed by atoms with Gasteiger partial charge in [-0.15, -0.1) is 0 Å². The summed E-state index contributed by atoms with van der Waals surface area (Å²) in [4.78, 5) is 32.5. The van der Waals surface area contributed by atoms with Crippen molar-refractivity contribution in [3.05, 3.63) is 69.8 Å². The van der Waals surface area contributed by atoms with Crippen LogP contribution in [0, 0.1) is 6.92 Å². The number of allylic oxidation sites excluding steroid dienone is 2. The number of rotatable bonds is 11. The van der Waals surface area contributed by atoms with Crippen molar-refractivity contribution in [2.24, 2.45) is 0 Å². The van der Waals surface area contributed by atoms with Gasteiger partial charge in [-0.1, -0.05) is 31.2 Å². The predicted molar refractivity (Wildman–Crippen MR) is 152 cm³/mol. The van der Waals surface area contributed by atoms with Gasteiger partial charge in [-0.05, 0) is 92.9 Å². The number of cyclic esters (lactones) is 1. The molecule has 2 heterocycles. The van der Waals surface area contributed by atoms with E-state index >= 15 is 0 Å². The Hall–Kier alpha value is -3.26. The van der Waals surface area contributed by atoms with Gasteiger partial charge in [-0.2, -0.15) is 0 Å². The fourth-order valence-corrected chi connectivity index (χ4v) is 6.50. The molecular weight excluding hydrogens is 531 g/mol. The third-order valence-corrected chi connectivity index (χ3v) is 9.08. The van der Waals surface area contributed by atoms with Gasteiger partial charge in [0.25, 0.3) is 0 Å². The van der Waals surface area contributed by atoms with E-state index in [0.29, 0.717) is 24.2 Å². The van der Waals surface area contributed by atoms with Crippen molar-refractivity contribution in [1.29, 1.82) is 0 Å². The second kappa shape index (κ2) is 13.4. The molecule has 0 spiro atoms. The molecule has 0 saturated carbocycles. The summed E-state index contributed by atoms with van der Waals surface area (Å²) in [6.07, 6.45) is 4.37. The maximum absolute atomic E-state index is 13.6. The zero-order valence-electron chi connectivity index (χ0n) is 23.6. The van der Waals surface area contributed by atoms with Gasteiger partial charge in [0, 0.05) is 11.1 Å². The maximum atomic E-state index is 13.6. The molecule has 1 fully saturated rings. The van der Waals surface area contributed by atoms with E-state index in [0.717, 1.165) is 48.2 Å². The van der Waals surface area contributed by atoms with Crippen LogP contribution in [0.5, 0.6) is 11.5 Å². The first-order chi connectivity index (χ1) is 19.2. The number of hydrogen-bond donors (Lipinski definition) is 2. The van der Waals surface area contributed by atoms with E-state index in [1.54, 1.807) is 31.2 Å². The van der Waals surface area contributed by atoms with Gasteiger partial charge in [0.05, 0.1) is 4.83 Å². The molecule has 2 N–H and O–H groups in total. The number of nitrogens with one attached hydrogen (secondary N) is 1. The van der Waals surface area contributed by atoms with Gasteiger partial charge in [-0.3, -0.25) is 4.79 Å². The lowest BCUT2D eigenvalue weighted by molar-refractivity contribution is -0.160. The van der Waals surface area contributed by atoms with E-state index < -0.39 is 25.9 Å². The molecule has 214 valence electrons. The number of nitrogens with zero attached hydrogens (tertiary/aromatic N) is 1. The lowest BCUT2D eigenvalue weighted by atomic mass is 9.89. The Morgan fingerprint density at radius 3 is 2.62 bits per heavy atom. The fourth-order valence-electron chi connectivity index (χ4n) is 5.14. The lowest BCUT2D eigenvalue weighted by Gasteiger charge is -2.25. The SMILES string of the molecule is CCc1c(C)c2c(c(O)c1CC=C(C)C[P+](=O)N(Oc1ccccc1)[C@@H](C)C(=O)OC1CCNCC1)C(=O)OC2. The number of benzene rings is 2. The number of hydroxylamine groups is 1. The molecule has 2 aliphatic rings. The van der Waals surface area contributed by atoms with Crippen LogP contribution >= 0.6 is 7.95 Å². The number of aromatic hydroxyl groups is 1. The van der Waals surface area contributed by atoms with E-state index in [4.69, 9.17) is 14.3 Å². The highest BCUT2D eigenvalue weighted by Gasteiger charge is 2.41. The number of phenols is 1. The number of piperidine rings is 1. The predicted octanol–water partition coefficient (Wildman–Crippen LogP) is 5.14. The van der Waals surface area contributed by atoms with Crippen molar-refractivity contribution in [2.75, 3.05) is 19.3 Å². The third kappa shape index (κ3) is 6.72. The molecule has 2 aliphatic heterocycles. The Labute approximate surface area is 236 Å². The van der Waals surface area contributed by atoms with Crippen LogP contribution in [0.15, 0.2) is 42.0 Å². The second-order valence-corrected chi connectivity index (χ2v) is 11.7. The molecule has 0 amide bonds. The minimum Gasteiger partial charge on any atom is -0.507 e. The molecule has 9 nitrogen and oxygen atoms in total. The average Bonchev–Trinajstić information content (AvgIpc) is 3.35. The Morgan fingerprint density at radius 1 is 1.25 bits per heavy atom. The first kappa shape index (κ1) is 29.7. The normalized spacial score (nSPS) is 16.9. The van der Waals surface area contributed by atoms with Crippen molar-refractivity contribution in [3.63, 3.8) is 0 Å². The summed E-state index contributed by atoms with van der Waals surface area (Å²) in [5.41, 5.74) is 4.38. The van der Waals surface area contributed by atoms with Crippen LogP contribution < -0.4 is 10.2 Å². The number of hydrogen-bond acceptors (Lipinski definition) is 8. The van der Waals surface area contributed by atoms with Gasteiger partial charge >= 0.3 is 19.9 Å². The highest BCUT2D eigenvalue weighted by Crippen LogP contribution is 2.39. The number of carbonyl (C=O) groups excluding carboxylic acids is 2. The average molecular weight is 570 g/mol. The standard InChI is InChI=1S/C30H37N2O7P/c1-5-24-20(3)26-17-37-30(35)27(26)28(33)25(24)12-11-19(2)18-40(36)32(39-23-9-7-6-8-10-23)21(4)29(34)38-22-13-15-31-16-14-22/h6-11,21-22,31H,5,12-18H2,1-4H3/p+1/t21-/m0/s1. The van der Waals surface area contributed by atoms with Gasteiger partial charge in [0.2, 0.25) is 0 Å². The number of ether oxygens (including phenoxy) is 2. The minimum atomic E-state index is -2.18. The monoisotopic (exact) mass is 569 g/mol. The van der Waals surface area contributed by atoms with Crippen LogP contribution in [0.25, 0.3) is 0 Å². The first-order valence-corrected chi connectivity index (χ1v) is 15.2. The maximum Gasteiger partial charge on any atom is 0.475 e. The number of esters is 2. The summed E-state index contributed by atoms with van der Waals surface area (Å²) >= 11 is 0. The molecule has 0 aromatic heterocycles. The van der Waals surface area contributed by atoms with Gasteiger partial charge in [-0.25, -0.2) is 4.79 Å². The molecule has 40 heavy (non-hydrogen) atoms. The lowest BCUT2D eigenvalue weighted by Crippen LogP contribution is -2.41.